The van der Waals surface area contributed by atoms with Crippen LogP contribution in [0.4, 0.5) is 0 Å². The van der Waals surface area contributed by atoms with Gasteiger partial charge in [-0.2, -0.15) is 0 Å². The van der Waals surface area contributed by atoms with E-state index in [0.717, 1.165) is 5.56 Å². The monoisotopic (exact) mass is 348 g/mol. The van der Waals surface area contributed by atoms with Gasteiger partial charge in [0.2, 0.25) is 11.8 Å². The molecule has 0 aromatic heterocycles. The molecule has 3 atom stereocenters. The molecule has 2 saturated heterocycles. The van der Waals surface area contributed by atoms with Crippen molar-refractivity contribution in [3.63, 3.8) is 0 Å². The van der Waals surface area contributed by atoms with Crippen LogP contribution in [-0.2, 0) is 20.9 Å². The Balaban J connectivity index is 1.73. The summed E-state index contributed by atoms with van der Waals surface area (Å²) < 4.78 is -0.620. The van der Waals surface area contributed by atoms with Crippen molar-refractivity contribution in [1.82, 2.24) is 10.2 Å². The molecule has 128 valence electrons. The van der Waals surface area contributed by atoms with Crippen molar-refractivity contribution in [3.8, 4) is 0 Å². The number of aliphatic carboxylic acids is 1. The Labute approximate surface area is 144 Å². The van der Waals surface area contributed by atoms with E-state index in [2.05, 4.69) is 5.32 Å². The minimum absolute atomic E-state index is 0.0676. The van der Waals surface area contributed by atoms with Gasteiger partial charge in [-0.15, -0.1) is 11.8 Å². The fourth-order valence-corrected chi connectivity index (χ4v) is 5.13. The lowest BCUT2D eigenvalue weighted by atomic mass is 10.0. The first-order chi connectivity index (χ1) is 11.3. The van der Waals surface area contributed by atoms with Gasteiger partial charge in [-0.1, -0.05) is 30.3 Å². The molecule has 2 heterocycles. The Morgan fingerprint density at radius 1 is 1.33 bits per heavy atom. The number of amides is 2. The number of hydrogen-bond donors (Lipinski definition) is 2. The van der Waals surface area contributed by atoms with Gasteiger partial charge in [0.25, 0.3) is 0 Å². The fourth-order valence-electron chi connectivity index (χ4n) is 3.43. The van der Waals surface area contributed by atoms with E-state index in [0.29, 0.717) is 6.54 Å². The van der Waals surface area contributed by atoms with Crippen LogP contribution in [0.3, 0.4) is 0 Å². The number of carbonyl (C=O) groups excluding carboxylic acids is 2. The normalized spacial score (nSPS) is 27.8. The summed E-state index contributed by atoms with van der Waals surface area (Å²) in [5.74, 6) is -2.00. The predicted octanol–water partition coefficient (Wildman–Crippen LogP) is 1.46. The number of fused-ring (bicyclic) bond motifs is 1. The van der Waals surface area contributed by atoms with Crippen LogP contribution in [0.1, 0.15) is 25.8 Å². The summed E-state index contributed by atoms with van der Waals surface area (Å²) in [4.78, 5) is 37.8. The third-order valence-electron chi connectivity index (χ3n) is 4.54. The summed E-state index contributed by atoms with van der Waals surface area (Å²) in [6.07, 6.45) is 0.0676. The number of rotatable bonds is 4. The Morgan fingerprint density at radius 3 is 2.62 bits per heavy atom. The molecule has 2 fully saturated rings. The highest BCUT2D eigenvalue weighted by molar-refractivity contribution is 8.01. The molecular formula is C17H20N2O4S. The van der Waals surface area contributed by atoms with Gasteiger partial charge in [0.05, 0.1) is 11.3 Å². The molecule has 0 saturated carbocycles. The van der Waals surface area contributed by atoms with Crippen molar-refractivity contribution in [3.05, 3.63) is 35.9 Å². The zero-order chi connectivity index (χ0) is 17.5. The summed E-state index contributed by atoms with van der Waals surface area (Å²) in [6.45, 7) is 4.01. The number of nitrogens with zero attached hydrogens (tertiary/aromatic N) is 1. The molecule has 1 aromatic rings. The average molecular weight is 348 g/mol. The van der Waals surface area contributed by atoms with Gasteiger partial charge in [0.1, 0.15) is 6.04 Å². The molecule has 2 N–H and O–H groups in total. The van der Waals surface area contributed by atoms with E-state index in [1.807, 2.05) is 30.3 Å². The van der Waals surface area contributed by atoms with Crippen LogP contribution in [0, 0.1) is 5.92 Å². The van der Waals surface area contributed by atoms with Crippen LogP contribution in [-0.4, -0.2) is 44.0 Å². The molecule has 2 aliphatic rings. The highest BCUT2D eigenvalue weighted by Gasteiger charge is 2.60. The van der Waals surface area contributed by atoms with Gasteiger partial charge in [0, 0.05) is 17.7 Å². The van der Waals surface area contributed by atoms with Crippen LogP contribution in [0.15, 0.2) is 30.3 Å². The van der Waals surface area contributed by atoms with Crippen LogP contribution in [0.5, 0.6) is 0 Å². The molecule has 0 spiro atoms. The van der Waals surface area contributed by atoms with E-state index in [9.17, 15) is 19.5 Å². The van der Waals surface area contributed by atoms with E-state index in [4.69, 9.17) is 0 Å². The molecule has 3 rings (SSSR count). The van der Waals surface area contributed by atoms with Gasteiger partial charge < -0.3 is 15.3 Å². The molecule has 2 aliphatic heterocycles. The smallest absolute Gasteiger partial charge is 0.327 e. The SMILES string of the molecule is CC1(C)S[C@@H]2[C@@H](C(=O)NCc3ccccc3)CC(=O)N2[C@H]1C(=O)O. The average Bonchev–Trinajstić information content (AvgIpc) is 2.98. The summed E-state index contributed by atoms with van der Waals surface area (Å²) >= 11 is 1.40. The summed E-state index contributed by atoms with van der Waals surface area (Å²) in [7, 11) is 0. The summed E-state index contributed by atoms with van der Waals surface area (Å²) in [6, 6.07) is 8.64. The molecule has 0 radical (unpaired) electrons. The van der Waals surface area contributed by atoms with Crippen LogP contribution >= 0.6 is 11.8 Å². The fraction of sp³-hybridized carbons (Fsp3) is 0.471. The van der Waals surface area contributed by atoms with E-state index in [1.54, 1.807) is 13.8 Å². The maximum atomic E-state index is 12.5. The van der Waals surface area contributed by atoms with E-state index >= 15 is 0 Å². The third-order valence-corrected chi connectivity index (χ3v) is 6.17. The van der Waals surface area contributed by atoms with Crippen molar-refractivity contribution in [2.75, 3.05) is 0 Å². The van der Waals surface area contributed by atoms with Crippen molar-refractivity contribution >= 4 is 29.5 Å². The van der Waals surface area contributed by atoms with Crippen LogP contribution in [0.25, 0.3) is 0 Å². The number of hydrogen-bond acceptors (Lipinski definition) is 4. The van der Waals surface area contributed by atoms with Crippen LogP contribution in [0.2, 0.25) is 0 Å². The minimum Gasteiger partial charge on any atom is -0.480 e. The highest BCUT2D eigenvalue weighted by atomic mass is 32.2. The maximum Gasteiger partial charge on any atom is 0.327 e. The van der Waals surface area contributed by atoms with Crippen molar-refractivity contribution in [1.29, 1.82) is 0 Å². The van der Waals surface area contributed by atoms with Gasteiger partial charge >= 0.3 is 5.97 Å². The number of nitrogens with one attached hydrogen (secondary N) is 1. The molecule has 0 bridgehead atoms. The summed E-state index contributed by atoms with van der Waals surface area (Å²) in [5, 5.41) is 11.9. The number of carbonyl (C=O) groups is 3. The number of carboxylic acid groups (broad SMARTS) is 1. The van der Waals surface area contributed by atoms with E-state index < -0.39 is 28.0 Å². The van der Waals surface area contributed by atoms with E-state index in [-0.39, 0.29) is 18.2 Å². The maximum absolute atomic E-state index is 12.5. The molecule has 24 heavy (non-hydrogen) atoms. The lowest BCUT2D eigenvalue weighted by Gasteiger charge is -2.26. The lowest BCUT2D eigenvalue weighted by Crippen LogP contribution is -2.48. The standard InChI is InChI=1S/C17H20N2O4S/c1-17(2)13(16(22)23)19-12(20)8-11(15(19)24-17)14(21)18-9-10-6-4-3-5-7-10/h3-7,11,13,15H,8-9H2,1-2H3,(H,18,21)(H,22,23)/t11-,13+,15-/m1/s1. The first-order valence-corrected chi connectivity index (χ1v) is 8.72. The second-order valence-corrected chi connectivity index (χ2v) is 8.44. The first-order valence-electron chi connectivity index (χ1n) is 7.84. The zero-order valence-electron chi connectivity index (χ0n) is 13.6. The van der Waals surface area contributed by atoms with Gasteiger partial charge in [-0.05, 0) is 19.4 Å². The van der Waals surface area contributed by atoms with E-state index in [1.165, 1.54) is 16.7 Å². The molecule has 0 aliphatic carbocycles. The first kappa shape index (κ1) is 16.8. The second kappa shape index (κ2) is 6.12. The molecular weight excluding hydrogens is 328 g/mol. The molecule has 0 unspecified atom stereocenters. The second-order valence-electron chi connectivity index (χ2n) is 6.67. The number of thioether (sulfide) groups is 1. The van der Waals surface area contributed by atoms with Gasteiger partial charge in [-0.25, -0.2) is 4.79 Å². The molecule has 7 heteroatoms. The lowest BCUT2D eigenvalue weighted by molar-refractivity contribution is -0.149. The molecule has 1 aromatic carbocycles. The Kier molecular flexibility index (Phi) is 4.29. The summed E-state index contributed by atoms with van der Waals surface area (Å²) in [5.41, 5.74) is 0.981. The number of benzene rings is 1. The molecule has 6 nitrogen and oxygen atoms in total. The molecule has 2 amide bonds. The predicted molar refractivity (Wildman–Crippen MR) is 90.1 cm³/mol. The van der Waals surface area contributed by atoms with Crippen molar-refractivity contribution in [2.24, 2.45) is 5.92 Å². The van der Waals surface area contributed by atoms with Gasteiger partial charge in [0.15, 0.2) is 0 Å². The van der Waals surface area contributed by atoms with Gasteiger partial charge in [-0.3, -0.25) is 9.59 Å². The van der Waals surface area contributed by atoms with Crippen LogP contribution < -0.4 is 5.32 Å². The Hall–Kier alpha value is -2.02. The topological polar surface area (TPSA) is 86.7 Å². The van der Waals surface area contributed by atoms with Crippen molar-refractivity contribution in [2.45, 2.75) is 43.0 Å². The van der Waals surface area contributed by atoms with Crippen molar-refractivity contribution < 1.29 is 19.5 Å². The Morgan fingerprint density at radius 2 is 2.00 bits per heavy atom. The third kappa shape index (κ3) is 2.88. The number of carboxylic acids is 1. The largest absolute Gasteiger partial charge is 0.480 e. The zero-order valence-corrected chi connectivity index (χ0v) is 14.4. The Bertz CT molecular complexity index is 676. The quantitative estimate of drug-likeness (QED) is 0.860. The minimum atomic E-state index is -1.02. The highest BCUT2D eigenvalue weighted by Crippen LogP contribution is 2.51.